The Balaban J connectivity index is 1.73. The largest absolute Gasteiger partial charge is 0.375 e. The number of nitrogens with one attached hydrogen (secondary N) is 1. The first-order valence-corrected chi connectivity index (χ1v) is 10.9. The van der Waals surface area contributed by atoms with E-state index in [1.165, 1.54) is 6.07 Å². The Morgan fingerprint density at radius 2 is 1.83 bits per heavy atom. The zero-order chi connectivity index (χ0) is 21.3. The van der Waals surface area contributed by atoms with Gasteiger partial charge in [-0.25, -0.2) is 17.2 Å². The number of carbonyl (C=O) groups excluding carboxylic acids is 1. The van der Waals surface area contributed by atoms with Crippen LogP contribution in [0.5, 0.6) is 0 Å². The molecule has 1 amide bonds. The molecule has 0 saturated heterocycles. The number of halogens is 2. The van der Waals surface area contributed by atoms with Gasteiger partial charge in [0.1, 0.15) is 0 Å². The van der Waals surface area contributed by atoms with Gasteiger partial charge >= 0.3 is 0 Å². The second-order valence-corrected chi connectivity index (χ2v) is 8.33. The summed E-state index contributed by atoms with van der Waals surface area (Å²) < 4.78 is 56.8. The predicted octanol–water partition coefficient (Wildman–Crippen LogP) is 2.84. The Labute approximate surface area is 169 Å². The van der Waals surface area contributed by atoms with E-state index in [0.717, 1.165) is 28.3 Å². The first-order chi connectivity index (χ1) is 13.8. The molecule has 0 fully saturated rings. The summed E-state index contributed by atoms with van der Waals surface area (Å²) in [6, 6.07) is 12.5. The third-order valence-electron chi connectivity index (χ3n) is 4.04. The average Bonchev–Trinajstić information content (AvgIpc) is 2.67. The maximum atomic E-state index is 13.4. The second kappa shape index (κ2) is 10.9. The molecule has 0 bridgehead atoms. The van der Waals surface area contributed by atoms with Crippen molar-refractivity contribution in [3.05, 3.63) is 65.7 Å². The molecule has 6 nitrogen and oxygen atoms in total. The van der Waals surface area contributed by atoms with Gasteiger partial charge in [-0.1, -0.05) is 30.3 Å². The van der Waals surface area contributed by atoms with Gasteiger partial charge in [-0.3, -0.25) is 9.10 Å². The number of rotatable bonds is 11. The van der Waals surface area contributed by atoms with Gasteiger partial charge in [0, 0.05) is 25.6 Å². The van der Waals surface area contributed by atoms with Gasteiger partial charge in [-0.05, 0) is 24.1 Å². The number of anilines is 1. The van der Waals surface area contributed by atoms with E-state index in [-0.39, 0.29) is 31.0 Å². The SMILES string of the molecule is CS(=O)(=O)N(CCCC(=O)NCCOCc1ccccc1)c1ccc(F)c(F)c1. The molecule has 2 aromatic carbocycles. The van der Waals surface area contributed by atoms with Crippen molar-refractivity contribution in [2.24, 2.45) is 0 Å². The summed E-state index contributed by atoms with van der Waals surface area (Å²) in [4.78, 5) is 11.9. The smallest absolute Gasteiger partial charge is 0.232 e. The molecule has 2 aromatic rings. The molecule has 9 heteroatoms. The van der Waals surface area contributed by atoms with Crippen LogP contribution in [0, 0.1) is 11.6 Å². The monoisotopic (exact) mass is 426 g/mol. The van der Waals surface area contributed by atoms with Crippen molar-refractivity contribution in [1.29, 1.82) is 0 Å². The van der Waals surface area contributed by atoms with E-state index in [9.17, 15) is 22.0 Å². The number of nitrogens with zero attached hydrogens (tertiary/aromatic N) is 1. The van der Waals surface area contributed by atoms with E-state index >= 15 is 0 Å². The van der Waals surface area contributed by atoms with Crippen LogP contribution >= 0.6 is 0 Å². The Bertz CT molecular complexity index is 908. The summed E-state index contributed by atoms with van der Waals surface area (Å²) >= 11 is 0. The molecule has 158 valence electrons. The molecule has 0 heterocycles. The van der Waals surface area contributed by atoms with Crippen molar-refractivity contribution >= 4 is 21.6 Å². The number of amides is 1. The van der Waals surface area contributed by atoms with Crippen LogP contribution in [0.4, 0.5) is 14.5 Å². The van der Waals surface area contributed by atoms with E-state index in [2.05, 4.69) is 5.32 Å². The molecular formula is C20H24F2N2O4S. The van der Waals surface area contributed by atoms with E-state index in [4.69, 9.17) is 4.74 Å². The minimum Gasteiger partial charge on any atom is -0.375 e. The summed E-state index contributed by atoms with van der Waals surface area (Å²) in [5, 5.41) is 2.70. The molecule has 0 saturated carbocycles. The zero-order valence-corrected chi connectivity index (χ0v) is 16.9. The lowest BCUT2D eigenvalue weighted by Gasteiger charge is -2.22. The van der Waals surface area contributed by atoms with Crippen LogP contribution in [0.3, 0.4) is 0 Å². The molecule has 0 aliphatic carbocycles. The van der Waals surface area contributed by atoms with Crippen molar-refractivity contribution in [3.63, 3.8) is 0 Å². The summed E-state index contributed by atoms with van der Waals surface area (Å²) in [6.45, 7) is 1.12. The molecule has 0 aromatic heterocycles. The predicted molar refractivity (Wildman–Crippen MR) is 107 cm³/mol. The van der Waals surface area contributed by atoms with Crippen LogP contribution in [0.2, 0.25) is 0 Å². The molecule has 0 atom stereocenters. The number of hydrogen-bond acceptors (Lipinski definition) is 4. The second-order valence-electron chi connectivity index (χ2n) is 6.43. The highest BCUT2D eigenvalue weighted by Gasteiger charge is 2.19. The van der Waals surface area contributed by atoms with Crippen LogP contribution in [0.1, 0.15) is 18.4 Å². The maximum absolute atomic E-state index is 13.4. The van der Waals surface area contributed by atoms with Gasteiger partial charge in [0.25, 0.3) is 0 Å². The highest BCUT2D eigenvalue weighted by molar-refractivity contribution is 7.92. The number of benzene rings is 2. The van der Waals surface area contributed by atoms with Crippen LogP contribution in [-0.2, 0) is 26.2 Å². The van der Waals surface area contributed by atoms with Gasteiger partial charge in [0.2, 0.25) is 15.9 Å². The van der Waals surface area contributed by atoms with Crippen molar-refractivity contribution < 1.29 is 26.7 Å². The average molecular weight is 426 g/mol. The summed E-state index contributed by atoms with van der Waals surface area (Å²) in [5.74, 6) is -2.44. The maximum Gasteiger partial charge on any atom is 0.232 e. The lowest BCUT2D eigenvalue weighted by atomic mass is 10.2. The van der Waals surface area contributed by atoms with Gasteiger partial charge in [-0.15, -0.1) is 0 Å². The standard InChI is InChI=1S/C20H24F2N2O4S/c1-29(26,27)24(17-9-10-18(21)19(22)14-17)12-5-8-20(25)23-11-13-28-15-16-6-3-2-4-7-16/h2-4,6-7,9-10,14H,5,8,11-13,15H2,1H3,(H,23,25). The highest BCUT2D eigenvalue weighted by atomic mass is 32.2. The minimum atomic E-state index is -3.70. The zero-order valence-electron chi connectivity index (χ0n) is 16.1. The minimum absolute atomic E-state index is 0.0149. The molecule has 29 heavy (non-hydrogen) atoms. The topological polar surface area (TPSA) is 75.7 Å². The lowest BCUT2D eigenvalue weighted by molar-refractivity contribution is -0.121. The van der Waals surface area contributed by atoms with Crippen molar-refractivity contribution in [2.75, 3.05) is 30.3 Å². The Kier molecular flexibility index (Phi) is 8.53. The Morgan fingerprint density at radius 3 is 2.48 bits per heavy atom. The molecule has 0 unspecified atom stereocenters. The normalized spacial score (nSPS) is 11.3. The first-order valence-electron chi connectivity index (χ1n) is 9.08. The van der Waals surface area contributed by atoms with Gasteiger partial charge < -0.3 is 10.1 Å². The highest BCUT2D eigenvalue weighted by Crippen LogP contribution is 2.21. The molecule has 0 radical (unpaired) electrons. The van der Waals surface area contributed by atoms with Gasteiger partial charge in [-0.2, -0.15) is 0 Å². The first kappa shape index (κ1) is 22.8. The fraction of sp³-hybridized carbons (Fsp3) is 0.350. The Hall–Kier alpha value is -2.52. The van der Waals surface area contributed by atoms with E-state index < -0.39 is 21.7 Å². The fourth-order valence-electron chi connectivity index (χ4n) is 2.63. The molecule has 0 aliphatic rings. The van der Waals surface area contributed by atoms with Gasteiger partial charge in [0.15, 0.2) is 11.6 Å². The van der Waals surface area contributed by atoms with Crippen LogP contribution in [0.25, 0.3) is 0 Å². The fourth-order valence-corrected chi connectivity index (χ4v) is 3.58. The van der Waals surface area contributed by atoms with Crippen molar-refractivity contribution in [2.45, 2.75) is 19.4 Å². The summed E-state index contributed by atoms with van der Waals surface area (Å²) in [6.07, 6.45) is 1.29. The molecular weight excluding hydrogens is 402 g/mol. The van der Waals surface area contributed by atoms with Crippen molar-refractivity contribution in [3.8, 4) is 0 Å². The molecule has 0 aliphatic heterocycles. The quantitative estimate of drug-likeness (QED) is 0.561. The Morgan fingerprint density at radius 1 is 1.10 bits per heavy atom. The third kappa shape index (κ3) is 7.78. The molecule has 2 rings (SSSR count). The number of carbonyl (C=O) groups is 1. The third-order valence-corrected chi connectivity index (χ3v) is 5.23. The number of sulfonamides is 1. The molecule has 0 spiro atoms. The number of ether oxygens (including phenoxy) is 1. The molecule has 1 N–H and O–H groups in total. The van der Waals surface area contributed by atoms with Gasteiger partial charge in [0.05, 0.1) is 25.2 Å². The van der Waals surface area contributed by atoms with Crippen LogP contribution < -0.4 is 9.62 Å². The van der Waals surface area contributed by atoms with Crippen LogP contribution in [0.15, 0.2) is 48.5 Å². The number of hydrogen-bond donors (Lipinski definition) is 1. The summed E-state index contributed by atoms with van der Waals surface area (Å²) in [5.41, 5.74) is 1.05. The summed E-state index contributed by atoms with van der Waals surface area (Å²) in [7, 11) is -3.70. The van der Waals surface area contributed by atoms with Crippen LogP contribution in [-0.4, -0.2) is 40.3 Å². The van der Waals surface area contributed by atoms with Crippen molar-refractivity contribution in [1.82, 2.24) is 5.32 Å². The lowest BCUT2D eigenvalue weighted by Crippen LogP contribution is -2.32. The van der Waals surface area contributed by atoms with E-state index in [0.29, 0.717) is 19.8 Å². The van der Waals surface area contributed by atoms with E-state index in [1.807, 2.05) is 30.3 Å². The van der Waals surface area contributed by atoms with E-state index in [1.54, 1.807) is 0 Å².